The Labute approximate surface area is 198 Å². The number of nitrogens with zero attached hydrogens (tertiary/aromatic N) is 8. The van der Waals surface area contributed by atoms with Crippen LogP contribution in [0.4, 0.5) is 5.82 Å². The van der Waals surface area contributed by atoms with Crippen molar-refractivity contribution in [2.24, 2.45) is 5.92 Å². The number of carbonyl (C=O) groups excluding carboxylic acids is 1. The van der Waals surface area contributed by atoms with Gasteiger partial charge in [0.15, 0.2) is 0 Å². The fourth-order valence-electron chi connectivity index (χ4n) is 4.41. The van der Waals surface area contributed by atoms with Gasteiger partial charge in [-0.3, -0.25) is 18.8 Å². The number of hydrogen-bond donors (Lipinski definition) is 2. The van der Waals surface area contributed by atoms with Gasteiger partial charge in [-0.15, -0.1) is 10.2 Å². The van der Waals surface area contributed by atoms with Crippen LogP contribution in [0, 0.1) is 5.92 Å². The van der Waals surface area contributed by atoms with Crippen molar-refractivity contribution in [2.75, 3.05) is 65.3 Å². The Morgan fingerprint density at radius 1 is 1.09 bits per heavy atom. The van der Waals surface area contributed by atoms with Crippen LogP contribution >= 0.6 is 0 Å². The van der Waals surface area contributed by atoms with Crippen LogP contribution in [0.5, 0.6) is 0 Å². The minimum Gasteiger partial charge on any atom is -0.483 e. The number of likely N-dealkylation sites (N-methyl/N-ethyl adjacent to an activating group) is 2. The van der Waals surface area contributed by atoms with Crippen molar-refractivity contribution in [3.05, 3.63) is 18.6 Å². The third-order valence-electron chi connectivity index (χ3n) is 6.09. The van der Waals surface area contributed by atoms with E-state index in [9.17, 15) is 4.79 Å². The van der Waals surface area contributed by atoms with Crippen LogP contribution < -0.4 is 4.90 Å². The monoisotopic (exact) mass is 478 g/mol. The number of anilines is 1. The molecular weight excluding hydrogens is 444 g/mol. The molecule has 2 aromatic heterocycles. The summed E-state index contributed by atoms with van der Waals surface area (Å²) < 4.78 is 1.90. The molecule has 2 fully saturated rings. The maximum absolute atomic E-state index is 13.2. The number of likely N-dealkylation sites (tertiary alicyclic amines) is 1. The number of fused-ring (bicyclic) bond motifs is 1. The molecule has 4 heterocycles. The molecule has 0 bridgehead atoms. The van der Waals surface area contributed by atoms with E-state index in [1.807, 2.05) is 10.5 Å². The summed E-state index contributed by atoms with van der Waals surface area (Å²) in [4.78, 5) is 43.0. The molecule has 2 aliphatic heterocycles. The van der Waals surface area contributed by atoms with Gasteiger partial charge in [-0.1, -0.05) is 0 Å². The summed E-state index contributed by atoms with van der Waals surface area (Å²) in [5.74, 6) is 2.06. The topological polar surface area (TPSA) is 148 Å². The first-order valence-corrected chi connectivity index (χ1v) is 11.0. The molecule has 34 heavy (non-hydrogen) atoms. The van der Waals surface area contributed by atoms with Gasteiger partial charge >= 0.3 is 0 Å². The van der Waals surface area contributed by atoms with Gasteiger partial charge in [0, 0.05) is 51.5 Å². The fraction of sp³-hybridized carbons (Fsp3) is 0.619. The molecule has 2 N–H and O–H groups in total. The molecule has 188 valence electrons. The highest BCUT2D eigenvalue weighted by atomic mass is 16.3. The second-order valence-corrected chi connectivity index (χ2v) is 8.44. The minimum absolute atomic E-state index is 0.104. The largest absolute Gasteiger partial charge is 0.483 e. The molecule has 0 aliphatic carbocycles. The number of carboxylic acid groups (broad SMARTS) is 2. The highest BCUT2D eigenvalue weighted by Gasteiger charge is 2.32. The van der Waals surface area contributed by atoms with Gasteiger partial charge in [-0.05, 0) is 40.1 Å². The second-order valence-electron chi connectivity index (χ2n) is 8.44. The average molecular weight is 479 g/mol. The Morgan fingerprint density at radius 2 is 1.74 bits per heavy atom. The zero-order valence-electron chi connectivity index (χ0n) is 19.9. The maximum Gasteiger partial charge on any atom is 0.290 e. The van der Waals surface area contributed by atoms with Crippen molar-refractivity contribution in [2.45, 2.75) is 18.9 Å². The molecule has 0 unspecified atom stereocenters. The summed E-state index contributed by atoms with van der Waals surface area (Å²) in [5, 5.41) is 21.7. The third kappa shape index (κ3) is 7.09. The quantitative estimate of drug-likeness (QED) is 0.547. The van der Waals surface area contributed by atoms with E-state index in [1.165, 1.54) is 0 Å². The van der Waals surface area contributed by atoms with E-state index in [2.05, 4.69) is 55.9 Å². The van der Waals surface area contributed by atoms with Gasteiger partial charge in [0.2, 0.25) is 5.91 Å². The van der Waals surface area contributed by atoms with Crippen molar-refractivity contribution in [3.8, 4) is 0 Å². The minimum atomic E-state index is -0.250. The van der Waals surface area contributed by atoms with E-state index in [-0.39, 0.29) is 18.9 Å². The molecule has 4 rings (SSSR count). The van der Waals surface area contributed by atoms with Gasteiger partial charge in [0.25, 0.3) is 18.7 Å². The Hall–Kier alpha value is -3.32. The van der Waals surface area contributed by atoms with Crippen LogP contribution in [0.15, 0.2) is 18.6 Å². The first-order chi connectivity index (χ1) is 16.4. The SMILES string of the molecule is CN1C[C@H](C(=O)N2CCN(c3ccnc4nncn34)CC2)CC[C@H](N(C)C)C1.O=CO.O=CO. The van der Waals surface area contributed by atoms with E-state index < -0.39 is 0 Å². The van der Waals surface area contributed by atoms with Crippen molar-refractivity contribution in [1.82, 2.24) is 34.3 Å². The first kappa shape index (κ1) is 26.9. The zero-order valence-corrected chi connectivity index (χ0v) is 19.9. The Morgan fingerprint density at radius 3 is 2.35 bits per heavy atom. The molecule has 1 amide bonds. The lowest BCUT2D eigenvalue weighted by Gasteiger charge is -2.37. The predicted molar refractivity (Wildman–Crippen MR) is 125 cm³/mol. The number of piperazine rings is 1. The molecule has 2 saturated heterocycles. The Bertz CT molecular complexity index is 909. The van der Waals surface area contributed by atoms with Gasteiger partial charge in [0.1, 0.15) is 12.1 Å². The van der Waals surface area contributed by atoms with E-state index in [0.29, 0.717) is 17.7 Å². The van der Waals surface area contributed by atoms with Crippen LogP contribution in [0.2, 0.25) is 0 Å². The van der Waals surface area contributed by atoms with E-state index in [0.717, 1.165) is 57.9 Å². The van der Waals surface area contributed by atoms with Crippen LogP contribution in [0.3, 0.4) is 0 Å². The van der Waals surface area contributed by atoms with Crippen molar-refractivity contribution < 1.29 is 24.6 Å². The normalized spacial score (nSPS) is 21.1. The highest BCUT2D eigenvalue weighted by Crippen LogP contribution is 2.22. The third-order valence-corrected chi connectivity index (χ3v) is 6.09. The molecule has 2 aromatic rings. The lowest BCUT2D eigenvalue weighted by Crippen LogP contribution is -2.51. The van der Waals surface area contributed by atoms with Crippen molar-refractivity contribution >= 4 is 30.4 Å². The number of aromatic nitrogens is 4. The van der Waals surface area contributed by atoms with Crippen molar-refractivity contribution in [3.63, 3.8) is 0 Å². The standard InChI is InChI=1S/C19H30N8O.2CH2O2/c1-23(2)16-5-4-15(12-24(3)13-16)18(28)26-10-8-25(9-11-26)17-6-7-20-19-22-21-14-27(17)19;2*2-1-3/h6-7,14-16H,4-5,8-13H2,1-3H3;2*1H,(H,2,3)/t15-,16+;;/m1../s1. The molecule has 2 aliphatic rings. The highest BCUT2D eigenvalue weighted by molar-refractivity contribution is 5.79. The summed E-state index contributed by atoms with van der Waals surface area (Å²) in [6.45, 7) is 4.51. The molecule has 0 radical (unpaired) electrons. The fourth-order valence-corrected chi connectivity index (χ4v) is 4.41. The van der Waals surface area contributed by atoms with Crippen LogP contribution in [-0.2, 0) is 14.4 Å². The van der Waals surface area contributed by atoms with E-state index >= 15 is 0 Å². The van der Waals surface area contributed by atoms with Crippen molar-refractivity contribution in [1.29, 1.82) is 0 Å². The smallest absolute Gasteiger partial charge is 0.290 e. The molecule has 13 nitrogen and oxygen atoms in total. The van der Waals surface area contributed by atoms with E-state index in [1.54, 1.807) is 12.5 Å². The summed E-state index contributed by atoms with van der Waals surface area (Å²) in [7, 11) is 6.39. The summed E-state index contributed by atoms with van der Waals surface area (Å²) >= 11 is 0. The summed E-state index contributed by atoms with van der Waals surface area (Å²) in [5.41, 5.74) is 0. The lowest BCUT2D eigenvalue weighted by molar-refractivity contribution is -0.136. The molecule has 0 aromatic carbocycles. The number of amides is 1. The maximum atomic E-state index is 13.2. The number of hydrogen-bond acceptors (Lipinski definition) is 9. The lowest BCUT2D eigenvalue weighted by atomic mass is 9.99. The van der Waals surface area contributed by atoms with Gasteiger partial charge < -0.3 is 29.8 Å². The number of carbonyl (C=O) groups is 3. The zero-order chi connectivity index (χ0) is 25.1. The first-order valence-electron chi connectivity index (χ1n) is 11.0. The molecule has 0 saturated carbocycles. The Balaban J connectivity index is 0.000000618. The molecule has 0 spiro atoms. The summed E-state index contributed by atoms with van der Waals surface area (Å²) in [6, 6.07) is 2.51. The Kier molecular flexibility index (Phi) is 10.6. The van der Waals surface area contributed by atoms with Crippen LogP contribution in [0.25, 0.3) is 5.78 Å². The predicted octanol–water partition coefficient (Wildman–Crippen LogP) is -0.553. The van der Waals surface area contributed by atoms with Gasteiger partial charge in [0.05, 0.1) is 5.92 Å². The number of rotatable bonds is 3. The van der Waals surface area contributed by atoms with Crippen LogP contribution in [0.1, 0.15) is 12.8 Å². The molecular formula is C21H34N8O5. The van der Waals surface area contributed by atoms with E-state index in [4.69, 9.17) is 19.8 Å². The van der Waals surface area contributed by atoms with Crippen LogP contribution in [-0.4, -0.2) is 130 Å². The van der Waals surface area contributed by atoms with Gasteiger partial charge in [-0.2, -0.15) is 0 Å². The average Bonchev–Trinajstić information content (AvgIpc) is 3.21. The van der Waals surface area contributed by atoms with Gasteiger partial charge in [-0.25, -0.2) is 4.98 Å². The second kappa shape index (κ2) is 13.4. The summed E-state index contributed by atoms with van der Waals surface area (Å²) in [6.07, 6.45) is 5.51. The molecule has 2 atom stereocenters. The molecule has 13 heteroatoms.